The average Bonchev–Trinajstić information content (AvgIpc) is 2.58. The Bertz CT molecular complexity index is 619. The molecule has 2 rings (SSSR count). The Morgan fingerprint density at radius 3 is 2.44 bits per heavy atom. The van der Waals surface area contributed by atoms with Crippen LogP contribution in [0.2, 0.25) is 0 Å². The van der Waals surface area contributed by atoms with Crippen LogP contribution in [0.5, 0.6) is 0 Å². The number of aromatic nitrogens is 1. The van der Waals surface area contributed by atoms with Crippen molar-refractivity contribution in [1.82, 2.24) is 4.57 Å². The molecule has 18 heavy (non-hydrogen) atoms. The van der Waals surface area contributed by atoms with Crippen LogP contribution < -0.4 is 0 Å². The van der Waals surface area contributed by atoms with E-state index in [0.29, 0.717) is 11.3 Å². The largest absolute Gasteiger partial charge is 0.492 e. The zero-order valence-electron chi connectivity index (χ0n) is 10.7. The summed E-state index contributed by atoms with van der Waals surface area (Å²) >= 11 is 0. The number of ketones is 3. The second-order valence-corrected chi connectivity index (χ2v) is 4.21. The van der Waals surface area contributed by atoms with E-state index in [4.69, 9.17) is 4.74 Å². The minimum Gasteiger partial charge on any atom is -0.492 e. The van der Waals surface area contributed by atoms with Gasteiger partial charge in [-0.2, -0.15) is 0 Å². The monoisotopic (exact) mass is 247 g/mol. The van der Waals surface area contributed by atoms with Gasteiger partial charge in [0.25, 0.3) is 0 Å². The molecule has 0 unspecified atom stereocenters. The van der Waals surface area contributed by atoms with E-state index < -0.39 is 0 Å². The van der Waals surface area contributed by atoms with E-state index in [1.165, 1.54) is 14.0 Å². The number of carbonyl (C=O) groups excluding carboxylic acids is 3. The number of nitrogens with zero attached hydrogens (tertiary/aromatic N) is 1. The lowest BCUT2D eigenvalue weighted by molar-refractivity contribution is 0.0908. The van der Waals surface area contributed by atoms with Gasteiger partial charge in [-0.1, -0.05) is 0 Å². The van der Waals surface area contributed by atoms with Crippen molar-refractivity contribution < 1.29 is 19.1 Å². The first kappa shape index (κ1) is 12.3. The highest BCUT2D eigenvalue weighted by Gasteiger charge is 2.35. The molecule has 0 bridgehead atoms. The molecule has 94 valence electrons. The van der Waals surface area contributed by atoms with Gasteiger partial charge >= 0.3 is 0 Å². The smallest absolute Gasteiger partial charge is 0.244 e. The number of fused-ring (bicyclic) bond motifs is 1. The molecular weight excluding hydrogens is 234 g/mol. The molecule has 0 radical (unpaired) electrons. The Balaban J connectivity index is 2.81. The van der Waals surface area contributed by atoms with E-state index >= 15 is 0 Å². The number of allylic oxidation sites excluding steroid dienone is 2. The molecule has 0 aliphatic heterocycles. The van der Waals surface area contributed by atoms with Gasteiger partial charge < -0.3 is 9.30 Å². The van der Waals surface area contributed by atoms with E-state index in [-0.39, 0.29) is 34.4 Å². The Morgan fingerprint density at radius 2 is 1.94 bits per heavy atom. The van der Waals surface area contributed by atoms with E-state index in [2.05, 4.69) is 0 Å². The fourth-order valence-corrected chi connectivity index (χ4v) is 2.26. The lowest BCUT2D eigenvalue weighted by atomic mass is 9.95. The first-order chi connectivity index (χ1) is 8.40. The zero-order valence-corrected chi connectivity index (χ0v) is 10.7. The van der Waals surface area contributed by atoms with Gasteiger partial charge in [-0.05, 0) is 13.8 Å². The van der Waals surface area contributed by atoms with Crippen molar-refractivity contribution in [3.05, 3.63) is 34.3 Å². The number of ether oxygens (including phenoxy) is 1. The quantitative estimate of drug-likeness (QED) is 0.742. The molecule has 1 aromatic rings. The summed E-state index contributed by atoms with van der Waals surface area (Å²) in [6.07, 6.45) is 1.14. The molecule has 1 heterocycles. The molecule has 1 aromatic heterocycles. The lowest BCUT2D eigenvalue weighted by Crippen LogP contribution is -2.20. The Morgan fingerprint density at radius 1 is 1.33 bits per heavy atom. The standard InChI is InChI=1S/C13H13NO4/c1-6-10(7(2)15)11-8(16)5-9(18-4)13(17)12(11)14(6)3/h5H,1-4H3. The van der Waals surface area contributed by atoms with Gasteiger partial charge in [-0.25, -0.2) is 0 Å². The van der Waals surface area contributed by atoms with Crippen LogP contribution >= 0.6 is 0 Å². The molecule has 0 saturated carbocycles. The summed E-state index contributed by atoms with van der Waals surface area (Å²) in [6, 6.07) is 0. The zero-order chi connectivity index (χ0) is 13.6. The van der Waals surface area contributed by atoms with Crippen molar-refractivity contribution in [3.63, 3.8) is 0 Å². The first-order valence-corrected chi connectivity index (χ1v) is 5.45. The number of methoxy groups -OCH3 is 1. The van der Waals surface area contributed by atoms with Crippen molar-refractivity contribution >= 4 is 17.3 Å². The van der Waals surface area contributed by atoms with Crippen LogP contribution in [0.3, 0.4) is 0 Å². The Labute approximate surface area is 104 Å². The normalized spacial score (nSPS) is 14.3. The third kappa shape index (κ3) is 1.44. The van der Waals surface area contributed by atoms with E-state index in [9.17, 15) is 14.4 Å². The van der Waals surface area contributed by atoms with Crippen molar-refractivity contribution in [2.24, 2.45) is 7.05 Å². The highest BCUT2D eigenvalue weighted by Crippen LogP contribution is 2.29. The van der Waals surface area contributed by atoms with Crippen LogP contribution in [-0.2, 0) is 11.8 Å². The van der Waals surface area contributed by atoms with Gasteiger partial charge in [0, 0.05) is 24.4 Å². The molecule has 1 aliphatic rings. The van der Waals surface area contributed by atoms with Crippen molar-refractivity contribution in [2.45, 2.75) is 13.8 Å². The Hall–Kier alpha value is -2.17. The molecule has 5 nitrogen and oxygen atoms in total. The molecular formula is C13H13NO4. The maximum absolute atomic E-state index is 12.1. The van der Waals surface area contributed by atoms with Crippen LogP contribution in [0.4, 0.5) is 0 Å². The van der Waals surface area contributed by atoms with Gasteiger partial charge in [0.1, 0.15) is 5.69 Å². The summed E-state index contributed by atoms with van der Waals surface area (Å²) < 4.78 is 6.46. The van der Waals surface area contributed by atoms with E-state index in [1.54, 1.807) is 18.5 Å². The van der Waals surface area contributed by atoms with Crippen molar-refractivity contribution in [1.29, 1.82) is 0 Å². The summed E-state index contributed by atoms with van der Waals surface area (Å²) in [5.41, 5.74) is 1.34. The molecule has 0 aromatic carbocycles. The third-order valence-corrected chi connectivity index (χ3v) is 3.21. The minimum absolute atomic E-state index is 0.00296. The number of hydrogen-bond donors (Lipinski definition) is 0. The number of rotatable bonds is 2. The summed E-state index contributed by atoms with van der Waals surface area (Å²) in [5, 5.41) is 0. The molecule has 0 N–H and O–H groups in total. The predicted molar refractivity (Wildman–Crippen MR) is 63.9 cm³/mol. The summed E-state index contributed by atoms with van der Waals surface area (Å²) in [4.78, 5) is 35.8. The fraction of sp³-hybridized carbons (Fsp3) is 0.308. The van der Waals surface area contributed by atoms with Gasteiger partial charge in [0.05, 0.1) is 12.7 Å². The number of hydrogen-bond acceptors (Lipinski definition) is 4. The van der Waals surface area contributed by atoms with Crippen LogP contribution in [0.1, 0.15) is 43.8 Å². The molecule has 1 aliphatic carbocycles. The fourth-order valence-electron chi connectivity index (χ4n) is 2.26. The maximum Gasteiger partial charge on any atom is 0.244 e. The van der Waals surface area contributed by atoms with Crippen LogP contribution in [0, 0.1) is 6.92 Å². The van der Waals surface area contributed by atoms with E-state index in [0.717, 1.165) is 6.08 Å². The number of carbonyl (C=O) groups is 3. The molecule has 0 amide bonds. The molecule has 0 saturated heterocycles. The van der Waals surface area contributed by atoms with Gasteiger partial charge in [0.15, 0.2) is 17.3 Å². The van der Waals surface area contributed by atoms with Gasteiger partial charge in [-0.3, -0.25) is 14.4 Å². The molecule has 0 spiro atoms. The topological polar surface area (TPSA) is 65.4 Å². The van der Waals surface area contributed by atoms with Gasteiger partial charge in [-0.15, -0.1) is 0 Å². The Kier molecular flexibility index (Phi) is 2.69. The number of Topliss-reactive ketones (excluding diaryl/α,β-unsaturated/α-hetero) is 2. The maximum atomic E-state index is 12.1. The minimum atomic E-state index is -0.370. The van der Waals surface area contributed by atoms with Crippen molar-refractivity contribution in [2.75, 3.05) is 7.11 Å². The van der Waals surface area contributed by atoms with Crippen LogP contribution in [0.25, 0.3) is 0 Å². The average molecular weight is 247 g/mol. The molecule has 5 heteroatoms. The van der Waals surface area contributed by atoms with Crippen LogP contribution in [0.15, 0.2) is 11.8 Å². The summed E-state index contributed by atoms with van der Waals surface area (Å²) in [6.45, 7) is 3.10. The second-order valence-electron chi connectivity index (χ2n) is 4.21. The first-order valence-electron chi connectivity index (χ1n) is 5.45. The van der Waals surface area contributed by atoms with E-state index in [1.807, 2.05) is 0 Å². The van der Waals surface area contributed by atoms with Crippen LogP contribution in [-0.4, -0.2) is 29.0 Å². The summed E-state index contributed by atoms with van der Waals surface area (Å²) in [5.74, 6) is -0.955. The third-order valence-electron chi connectivity index (χ3n) is 3.21. The highest BCUT2D eigenvalue weighted by molar-refractivity contribution is 6.26. The summed E-state index contributed by atoms with van der Waals surface area (Å²) in [7, 11) is 2.99. The predicted octanol–water partition coefficient (Wildman–Crippen LogP) is 1.45. The van der Waals surface area contributed by atoms with Crippen molar-refractivity contribution in [3.8, 4) is 0 Å². The SMILES string of the molecule is COC1=CC(=O)c2c(C(C)=O)c(C)n(C)c2C1=O. The van der Waals surface area contributed by atoms with Gasteiger partial charge in [0.2, 0.25) is 5.78 Å². The molecule has 0 atom stereocenters. The second kappa shape index (κ2) is 3.94. The highest BCUT2D eigenvalue weighted by atomic mass is 16.5. The molecule has 0 fully saturated rings. The lowest BCUT2D eigenvalue weighted by Gasteiger charge is -2.12.